The van der Waals surface area contributed by atoms with E-state index in [-0.39, 0.29) is 17.2 Å². The van der Waals surface area contributed by atoms with E-state index in [0.717, 1.165) is 12.1 Å². The summed E-state index contributed by atoms with van der Waals surface area (Å²) in [5, 5.41) is 18.1. The molecule has 1 heterocycles. The highest BCUT2D eigenvalue weighted by atomic mass is 19.1. The van der Waals surface area contributed by atoms with Gasteiger partial charge in [0.2, 0.25) is 0 Å². The molecule has 1 N–H and O–H groups in total. The Balaban J connectivity index is 2.28. The molecule has 1 aromatic carbocycles. The van der Waals surface area contributed by atoms with Gasteiger partial charge >= 0.3 is 0 Å². The standard InChI is InChI=1S/C13H14F2N2O/c1-8(18)10-2-3-17(7-10)13-11(14)4-9(6-16)5-12(13)15/h4-5,8,10,18H,2-3,7H2,1H3/t8-,10+/m0/s1. The summed E-state index contributed by atoms with van der Waals surface area (Å²) < 4.78 is 27.6. The van der Waals surface area contributed by atoms with Crippen LogP contribution in [0.25, 0.3) is 0 Å². The molecule has 0 bridgehead atoms. The SMILES string of the molecule is C[C@H](O)[C@@H]1CCN(c2c(F)cc(C#N)cc2F)C1. The predicted molar refractivity (Wildman–Crippen MR) is 63.1 cm³/mol. The summed E-state index contributed by atoms with van der Waals surface area (Å²) in [5.41, 5.74) is -0.128. The van der Waals surface area contributed by atoms with E-state index < -0.39 is 17.7 Å². The van der Waals surface area contributed by atoms with E-state index in [1.54, 1.807) is 17.9 Å². The molecule has 0 amide bonds. The van der Waals surface area contributed by atoms with E-state index in [1.807, 2.05) is 0 Å². The minimum atomic E-state index is -0.724. The first kappa shape index (κ1) is 12.8. The molecule has 1 fully saturated rings. The number of rotatable bonds is 2. The highest BCUT2D eigenvalue weighted by molar-refractivity contribution is 5.53. The monoisotopic (exact) mass is 252 g/mol. The van der Waals surface area contributed by atoms with Crippen molar-refractivity contribution in [1.82, 2.24) is 0 Å². The molecule has 0 aromatic heterocycles. The summed E-state index contributed by atoms with van der Waals surface area (Å²) in [4.78, 5) is 1.59. The lowest BCUT2D eigenvalue weighted by Crippen LogP contribution is -2.25. The maximum absolute atomic E-state index is 13.8. The molecule has 96 valence electrons. The van der Waals surface area contributed by atoms with Crippen molar-refractivity contribution in [2.45, 2.75) is 19.4 Å². The number of benzene rings is 1. The highest BCUT2D eigenvalue weighted by Gasteiger charge is 2.29. The zero-order valence-electron chi connectivity index (χ0n) is 10.0. The Kier molecular flexibility index (Phi) is 3.48. The second-order valence-electron chi connectivity index (χ2n) is 4.64. The molecule has 0 saturated carbocycles. The van der Waals surface area contributed by atoms with Crippen molar-refractivity contribution in [2.24, 2.45) is 5.92 Å². The molecule has 2 atom stereocenters. The number of nitriles is 1. The molecule has 5 heteroatoms. The Morgan fingerprint density at radius 2 is 2.06 bits per heavy atom. The third-order valence-electron chi connectivity index (χ3n) is 3.37. The van der Waals surface area contributed by atoms with Crippen LogP contribution in [0.2, 0.25) is 0 Å². The number of hydrogen-bond acceptors (Lipinski definition) is 3. The van der Waals surface area contributed by atoms with Crippen LogP contribution >= 0.6 is 0 Å². The maximum Gasteiger partial charge on any atom is 0.150 e. The van der Waals surface area contributed by atoms with Gasteiger partial charge in [-0.2, -0.15) is 5.26 Å². The summed E-state index contributed by atoms with van der Waals surface area (Å²) in [6.45, 7) is 2.62. The van der Waals surface area contributed by atoms with Crippen LogP contribution in [-0.4, -0.2) is 24.3 Å². The van der Waals surface area contributed by atoms with Gasteiger partial charge in [0.05, 0.1) is 17.7 Å². The molecule has 0 radical (unpaired) electrons. The summed E-state index contributed by atoms with van der Waals surface area (Å²) >= 11 is 0. The number of anilines is 1. The van der Waals surface area contributed by atoms with Crippen LogP contribution in [0, 0.1) is 28.9 Å². The first-order chi connectivity index (χ1) is 8.52. The average Bonchev–Trinajstić information content (AvgIpc) is 2.77. The van der Waals surface area contributed by atoms with Crippen LogP contribution in [0.1, 0.15) is 18.9 Å². The van der Waals surface area contributed by atoms with E-state index in [1.165, 1.54) is 0 Å². The minimum Gasteiger partial charge on any atom is -0.393 e. The van der Waals surface area contributed by atoms with Gasteiger partial charge in [-0.25, -0.2) is 8.78 Å². The maximum atomic E-state index is 13.8. The molecule has 0 aliphatic carbocycles. The van der Waals surface area contributed by atoms with Gasteiger partial charge in [0.15, 0.2) is 11.6 Å². The number of hydrogen-bond donors (Lipinski definition) is 1. The van der Waals surface area contributed by atoms with Crippen LogP contribution in [0.3, 0.4) is 0 Å². The van der Waals surface area contributed by atoms with Gasteiger partial charge in [0.1, 0.15) is 5.69 Å². The molecule has 18 heavy (non-hydrogen) atoms. The molecular weight excluding hydrogens is 238 g/mol. The summed E-state index contributed by atoms with van der Waals surface area (Å²) in [6, 6.07) is 3.79. The van der Waals surface area contributed by atoms with Gasteiger partial charge in [-0.3, -0.25) is 0 Å². The normalized spacial score (nSPS) is 20.8. The van der Waals surface area contributed by atoms with Crippen molar-refractivity contribution < 1.29 is 13.9 Å². The molecule has 3 nitrogen and oxygen atoms in total. The summed E-state index contributed by atoms with van der Waals surface area (Å²) in [6.07, 6.45) is 0.218. The smallest absolute Gasteiger partial charge is 0.150 e. The topological polar surface area (TPSA) is 47.3 Å². The molecule has 1 aromatic rings. The van der Waals surface area contributed by atoms with E-state index in [9.17, 15) is 13.9 Å². The van der Waals surface area contributed by atoms with Crippen molar-refractivity contribution in [1.29, 1.82) is 5.26 Å². The Morgan fingerprint density at radius 3 is 2.50 bits per heavy atom. The molecule has 1 aliphatic rings. The Hall–Kier alpha value is -1.67. The van der Waals surface area contributed by atoms with Crippen LogP contribution in [0.5, 0.6) is 0 Å². The van der Waals surface area contributed by atoms with Crippen LogP contribution in [0.4, 0.5) is 14.5 Å². The fraction of sp³-hybridized carbons (Fsp3) is 0.462. The third-order valence-corrected chi connectivity index (χ3v) is 3.37. The van der Waals surface area contributed by atoms with E-state index >= 15 is 0 Å². The van der Waals surface area contributed by atoms with Gasteiger partial charge in [-0.05, 0) is 25.5 Å². The zero-order valence-corrected chi connectivity index (χ0v) is 10.0. The van der Waals surface area contributed by atoms with Crippen molar-refractivity contribution in [3.63, 3.8) is 0 Å². The molecule has 0 unspecified atom stereocenters. The van der Waals surface area contributed by atoms with E-state index in [0.29, 0.717) is 19.5 Å². The molecule has 2 rings (SSSR count). The van der Waals surface area contributed by atoms with Gasteiger partial charge in [0, 0.05) is 19.0 Å². The number of aliphatic hydroxyl groups excluding tert-OH is 1. The fourth-order valence-corrected chi connectivity index (χ4v) is 2.32. The highest BCUT2D eigenvalue weighted by Crippen LogP contribution is 2.30. The number of nitrogens with zero attached hydrogens (tertiary/aromatic N) is 2. The molecule has 1 aliphatic heterocycles. The van der Waals surface area contributed by atoms with Crippen molar-refractivity contribution in [2.75, 3.05) is 18.0 Å². The van der Waals surface area contributed by atoms with Gasteiger partial charge in [-0.15, -0.1) is 0 Å². The van der Waals surface area contributed by atoms with Crippen LogP contribution in [0.15, 0.2) is 12.1 Å². The van der Waals surface area contributed by atoms with Crippen molar-refractivity contribution >= 4 is 5.69 Å². The van der Waals surface area contributed by atoms with Gasteiger partial charge in [-0.1, -0.05) is 0 Å². The average molecular weight is 252 g/mol. The largest absolute Gasteiger partial charge is 0.393 e. The summed E-state index contributed by atoms with van der Waals surface area (Å²) in [5.74, 6) is -1.42. The van der Waals surface area contributed by atoms with Gasteiger partial charge in [0.25, 0.3) is 0 Å². The Labute approximate surface area is 104 Å². The fourth-order valence-electron chi connectivity index (χ4n) is 2.32. The lowest BCUT2D eigenvalue weighted by Gasteiger charge is -2.21. The number of halogens is 2. The summed E-state index contributed by atoms with van der Waals surface area (Å²) in [7, 11) is 0. The van der Waals surface area contributed by atoms with Crippen LogP contribution in [-0.2, 0) is 0 Å². The molecule has 1 saturated heterocycles. The second kappa shape index (κ2) is 4.91. The first-order valence-electron chi connectivity index (χ1n) is 5.85. The Bertz CT molecular complexity index is 473. The number of aliphatic hydroxyl groups is 1. The van der Waals surface area contributed by atoms with Crippen molar-refractivity contribution in [3.8, 4) is 6.07 Å². The zero-order chi connectivity index (χ0) is 13.3. The predicted octanol–water partition coefficient (Wildman–Crippen LogP) is 2.04. The molecule has 0 spiro atoms. The van der Waals surface area contributed by atoms with E-state index in [4.69, 9.17) is 5.26 Å². The second-order valence-corrected chi connectivity index (χ2v) is 4.64. The quantitative estimate of drug-likeness (QED) is 0.876. The third kappa shape index (κ3) is 2.29. The van der Waals surface area contributed by atoms with Crippen LogP contribution < -0.4 is 4.90 Å². The molecular formula is C13H14F2N2O. The van der Waals surface area contributed by atoms with E-state index in [2.05, 4.69) is 0 Å². The lowest BCUT2D eigenvalue weighted by molar-refractivity contribution is 0.136. The van der Waals surface area contributed by atoms with Crippen molar-refractivity contribution in [3.05, 3.63) is 29.3 Å². The lowest BCUT2D eigenvalue weighted by atomic mass is 10.0. The minimum absolute atomic E-state index is 0.0273. The Morgan fingerprint density at radius 1 is 1.44 bits per heavy atom. The van der Waals surface area contributed by atoms with Gasteiger partial charge < -0.3 is 10.0 Å². The first-order valence-corrected chi connectivity index (χ1v) is 5.85.